The van der Waals surface area contributed by atoms with Gasteiger partial charge in [0, 0.05) is 23.2 Å². The summed E-state index contributed by atoms with van der Waals surface area (Å²) in [6.45, 7) is 0. The van der Waals surface area contributed by atoms with E-state index in [1.54, 1.807) is 18.3 Å². The van der Waals surface area contributed by atoms with Gasteiger partial charge in [-0.2, -0.15) is 10.5 Å². The first kappa shape index (κ1) is 13.1. The number of hydrogen-bond donors (Lipinski definition) is 0. The maximum Gasteiger partial charge on any atom is 0.153 e. The molecule has 3 aromatic carbocycles. The predicted octanol–water partition coefficient (Wildman–Crippen LogP) is 4.44. The molecule has 0 atom stereocenters. The Kier molecular flexibility index (Phi) is 2.83. The molecule has 0 spiro atoms. The minimum absolute atomic E-state index is 0.295. The lowest BCUT2D eigenvalue weighted by molar-refractivity contribution is 0.485. The number of ether oxygens (including phenoxy) is 1. The molecule has 0 radical (unpaired) electrons. The molecule has 23 heavy (non-hydrogen) atoms. The summed E-state index contributed by atoms with van der Waals surface area (Å²) in [5.41, 5.74) is 2.04. The second-order valence-electron chi connectivity index (χ2n) is 5.15. The molecule has 3 aromatic rings. The molecule has 1 aliphatic rings. The van der Waals surface area contributed by atoms with Crippen molar-refractivity contribution in [3.05, 3.63) is 65.2 Å². The van der Waals surface area contributed by atoms with Gasteiger partial charge in [-0.25, -0.2) is 0 Å². The molecule has 4 heteroatoms. The minimum Gasteiger partial charge on any atom is -0.454 e. The van der Waals surface area contributed by atoms with Crippen molar-refractivity contribution in [1.29, 1.82) is 10.5 Å². The summed E-state index contributed by atoms with van der Waals surface area (Å²) < 4.78 is 5.97. The third kappa shape index (κ3) is 2.02. The quantitative estimate of drug-likeness (QED) is 0.481. The number of nitrogens with zero attached hydrogens (tertiary/aromatic N) is 3. The van der Waals surface area contributed by atoms with Gasteiger partial charge < -0.3 is 4.74 Å². The molecule has 106 valence electrons. The van der Waals surface area contributed by atoms with E-state index in [1.807, 2.05) is 48.5 Å². The first-order chi connectivity index (χ1) is 11.3. The van der Waals surface area contributed by atoms with Gasteiger partial charge >= 0.3 is 0 Å². The number of hydrogen-bond acceptors (Lipinski definition) is 4. The summed E-state index contributed by atoms with van der Waals surface area (Å²) in [6, 6.07) is 19.1. The highest BCUT2D eigenvalue weighted by atomic mass is 16.5. The molecule has 0 saturated heterocycles. The van der Waals surface area contributed by atoms with E-state index in [2.05, 4.69) is 4.99 Å². The normalized spacial score (nSPS) is 11.6. The fraction of sp³-hybridized carbons (Fsp3) is 0. The van der Waals surface area contributed by atoms with Crippen molar-refractivity contribution in [3.63, 3.8) is 0 Å². The second-order valence-corrected chi connectivity index (χ2v) is 5.15. The number of nitriles is 2. The molecule has 0 saturated carbocycles. The molecule has 0 bridgehead atoms. The van der Waals surface area contributed by atoms with Crippen molar-refractivity contribution in [2.24, 2.45) is 4.99 Å². The van der Waals surface area contributed by atoms with Crippen molar-refractivity contribution in [1.82, 2.24) is 0 Å². The Hall–Kier alpha value is -3.63. The summed E-state index contributed by atoms with van der Waals surface area (Å²) in [6.07, 6.45) is 1.68. The van der Waals surface area contributed by atoms with E-state index >= 15 is 0 Å². The minimum atomic E-state index is 0.295. The van der Waals surface area contributed by atoms with Crippen molar-refractivity contribution in [2.45, 2.75) is 0 Å². The zero-order chi connectivity index (χ0) is 15.8. The highest BCUT2D eigenvalue weighted by molar-refractivity contribution is 5.99. The van der Waals surface area contributed by atoms with Crippen LogP contribution in [0.25, 0.3) is 10.8 Å². The van der Waals surface area contributed by atoms with Gasteiger partial charge in [0.2, 0.25) is 0 Å². The van der Waals surface area contributed by atoms with Crippen LogP contribution in [0.2, 0.25) is 0 Å². The Morgan fingerprint density at radius 2 is 1.65 bits per heavy atom. The number of aliphatic imine (C=N–C) groups is 1. The van der Waals surface area contributed by atoms with Gasteiger partial charge in [0.1, 0.15) is 23.6 Å². The molecule has 0 unspecified atom stereocenters. The monoisotopic (exact) mass is 295 g/mol. The molecular formula is C19H9N3O. The molecule has 0 amide bonds. The summed E-state index contributed by atoms with van der Waals surface area (Å²) in [7, 11) is 0. The lowest BCUT2D eigenvalue weighted by atomic mass is 10.1. The van der Waals surface area contributed by atoms with E-state index < -0.39 is 0 Å². The van der Waals surface area contributed by atoms with Crippen LogP contribution in [0.3, 0.4) is 0 Å². The molecule has 4 rings (SSSR count). The van der Waals surface area contributed by atoms with Gasteiger partial charge in [0.25, 0.3) is 0 Å². The van der Waals surface area contributed by atoms with Crippen LogP contribution in [0.4, 0.5) is 5.69 Å². The van der Waals surface area contributed by atoms with E-state index in [9.17, 15) is 0 Å². The van der Waals surface area contributed by atoms with Crippen LogP contribution in [0.5, 0.6) is 11.5 Å². The highest BCUT2D eigenvalue weighted by Crippen LogP contribution is 2.41. The number of rotatable bonds is 0. The molecule has 0 fully saturated rings. The Balaban J connectivity index is 1.96. The van der Waals surface area contributed by atoms with Crippen LogP contribution in [0.15, 0.2) is 53.5 Å². The van der Waals surface area contributed by atoms with Crippen LogP contribution in [0.1, 0.15) is 16.7 Å². The first-order valence-electron chi connectivity index (χ1n) is 7.02. The fourth-order valence-electron chi connectivity index (χ4n) is 2.67. The third-order valence-electron chi connectivity index (χ3n) is 3.81. The van der Waals surface area contributed by atoms with Gasteiger partial charge in [-0.3, -0.25) is 4.99 Å². The third-order valence-corrected chi connectivity index (χ3v) is 3.81. The standard InChI is InChI=1S/C19H9N3O/c20-9-13-7-15-11-22-19-16-4-2-1-3-12(16)5-6-17(19)23-18(15)8-14(13)10-21/h1-8,11H. The Labute approximate surface area is 132 Å². The van der Waals surface area contributed by atoms with Crippen molar-refractivity contribution >= 4 is 22.7 Å². The average Bonchev–Trinajstić information content (AvgIpc) is 2.79. The largest absolute Gasteiger partial charge is 0.454 e. The summed E-state index contributed by atoms with van der Waals surface area (Å²) in [5, 5.41) is 20.4. The molecule has 1 heterocycles. The molecular weight excluding hydrogens is 286 g/mol. The summed E-state index contributed by atoms with van der Waals surface area (Å²) in [4.78, 5) is 4.54. The zero-order valence-electron chi connectivity index (χ0n) is 11.9. The maximum atomic E-state index is 9.17. The van der Waals surface area contributed by atoms with Crippen LogP contribution in [-0.2, 0) is 0 Å². The van der Waals surface area contributed by atoms with Gasteiger partial charge in [-0.05, 0) is 17.5 Å². The lowest BCUT2D eigenvalue weighted by Gasteiger charge is -2.10. The van der Waals surface area contributed by atoms with Crippen molar-refractivity contribution in [2.75, 3.05) is 0 Å². The Morgan fingerprint density at radius 1 is 0.870 bits per heavy atom. The molecule has 1 aliphatic heterocycles. The fourth-order valence-corrected chi connectivity index (χ4v) is 2.67. The molecule has 4 nitrogen and oxygen atoms in total. The Bertz CT molecular complexity index is 1070. The number of fused-ring (bicyclic) bond motifs is 4. The van der Waals surface area contributed by atoms with E-state index in [-0.39, 0.29) is 0 Å². The summed E-state index contributed by atoms with van der Waals surface area (Å²) >= 11 is 0. The SMILES string of the molecule is N#Cc1cc2c(cc1C#N)Oc1ccc3ccccc3c1N=C2. The van der Waals surface area contributed by atoms with E-state index in [1.165, 1.54) is 0 Å². The van der Waals surface area contributed by atoms with Gasteiger partial charge in [0.15, 0.2) is 5.75 Å². The molecule has 0 aliphatic carbocycles. The highest BCUT2D eigenvalue weighted by Gasteiger charge is 2.16. The van der Waals surface area contributed by atoms with Crippen LogP contribution >= 0.6 is 0 Å². The van der Waals surface area contributed by atoms with E-state index in [0.29, 0.717) is 28.2 Å². The van der Waals surface area contributed by atoms with Gasteiger partial charge in [-0.15, -0.1) is 0 Å². The van der Waals surface area contributed by atoms with Crippen LogP contribution in [-0.4, -0.2) is 6.21 Å². The van der Waals surface area contributed by atoms with Crippen molar-refractivity contribution < 1.29 is 4.74 Å². The molecule has 0 N–H and O–H groups in total. The summed E-state index contributed by atoms with van der Waals surface area (Å²) in [5.74, 6) is 1.16. The van der Waals surface area contributed by atoms with Crippen LogP contribution < -0.4 is 4.74 Å². The van der Waals surface area contributed by atoms with Crippen molar-refractivity contribution in [3.8, 4) is 23.6 Å². The topological polar surface area (TPSA) is 69.2 Å². The number of benzene rings is 3. The smallest absolute Gasteiger partial charge is 0.153 e. The van der Waals surface area contributed by atoms with Crippen LogP contribution in [0, 0.1) is 22.7 Å². The van der Waals surface area contributed by atoms with E-state index in [0.717, 1.165) is 16.5 Å². The molecule has 0 aromatic heterocycles. The van der Waals surface area contributed by atoms with Gasteiger partial charge in [-0.1, -0.05) is 30.3 Å². The first-order valence-corrected chi connectivity index (χ1v) is 7.02. The Morgan fingerprint density at radius 3 is 2.48 bits per heavy atom. The lowest BCUT2D eigenvalue weighted by Crippen LogP contribution is -1.93. The predicted molar refractivity (Wildman–Crippen MR) is 87.1 cm³/mol. The second kappa shape index (κ2) is 4.98. The average molecular weight is 295 g/mol. The zero-order valence-corrected chi connectivity index (χ0v) is 11.9. The maximum absolute atomic E-state index is 9.17. The van der Waals surface area contributed by atoms with Gasteiger partial charge in [0.05, 0.1) is 11.1 Å². The van der Waals surface area contributed by atoms with E-state index in [4.69, 9.17) is 15.3 Å².